The molecule has 53 heavy (non-hydrogen) atoms. The highest BCUT2D eigenvalue weighted by Gasteiger charge is 2.42. The zero-order chi connectivity index (χ0) is 39.1. The lowest BCUT2D eigenvalue weighted by Crippen LogP contribution is -2.61. The number of nitrogens with zero attached hydrogens (tertiary/aromatic N) is 3. The molecule has 11 nitrogen and oxygen atoms in total. The van der Waals surface area contributed by atoms with Gasteiger partial charge in [0.05, 0.1) is 18.7 Å². The van der Waals surface area contributed by atoms with Gasteiger partial charge in [-0.2, -0.15) is 0 Å². The highest BCUT2D eigenvalue weighted by molar-refractivity contribution is 5.96. The van der Waals surface area contributed by atoms with E-state index >= 15 is 0 Å². The summed E-state index contributed by atoms with van der Waals surface area (Å²) in [7, 11) is 2.80. The van der Waals surface area contributed by atoms with Crippen molar-refractivity contribution < 1.29 is 33.4 Å². The van der Waals surface area contributed by atoms with Gasteiger partial charge in [0.1, 0.15) is 17.7 Å². The molecular weight excluding hydrogens is 672 g/mol. The molecular formula is C42H54N4O7. The Hall–Kier alpha value is -5.19. The topological polar surface area (TPSA) is 126 Å². The Labute approximate surface area is 313 Å². The Morgan fingerprint density at radius 1 is 0.849 bits per heavy atom. The molecule has 0 radical (unpaired) electrons. The molecule has 3 aromatic carbocycles. The van der Waals surface area contributed by atoms with E-state index in [2.05, 4.69) is 5.32 Å². The number of hydrogen-bond donors (Lipinski definition) is 1. The van der Waals surface area contributed by atoms with Gasteiger partial charge in [-0.3, -0.25) is 19.3 Å². The average Bonchev–Trinajstić information content (AvgIpc) is 3.12. The number of carbonyl (C=O) groups is 5. The summed E-state index contributed by atoms with van der Waals surface area (Å²) in [5.41, 5.74) is 2.44. The molecule has 3 atom stereocenters. The van der Waals surface area contributed by atoms with E-state index in [9.17, 15) is 24.0 Å². The van der Waals surface area contributed by atoms with Crippen LogP contribution >= 0.6 is 0 Å². The van der Waals surface area contributed by atoms with E-state index in [1.165, 1.54) is 19.1 Å². The third-order valence-electron chi connectivity index (χ3n) is 9.46. The number of rotatable bonds is 11. The maximum Gasteiger partial charge on any atom is 0.410 e. The van der Waals surface area contributed by atoms with Crippen molar-refractivity contribution in [3.8, 4) is 0 Å². The van der Waals surface area contributed by atoms with E-state index in [0.29, 0.717) is 37.1 Å². The van der Waals surface area contributed by atoms with Crippen molar-refractivity contribution in [2.24, 2.45) is 5.41 Å². The number of benzene rings is 3. The van der Waals surface area contributed by atoms with E-state index in [-0.39, 0.29) is 18.4 Å². The SMILES string of the molecule is COC(=O)c1ccc(C(=O)N(CCc2ccccc2)C[C@@H]2Cc3ccccc3CN2C(=O)[C@@H](NC(=O)[C@H](C)N(C)C(=O)OC(C)(C)C)C(C)(C)C)cc1. The third kappa shape index (κ3) is 10.7. The molecule has 0 saturated carbocycles. The van der Waals surface area contributed by atoms with Crippen LogP contribution in [-0.4, -0.2) is 95.5 Å². The average molecular weight is 727 g/mol. The van der Waals surface area contributed by atoms with Crippen LogP contribution in [0, 0.1) is 5.41 Å². The molecule has 0 spiro atoms. The molecule has 1 aliphatic rings. The summed E-state index contributed by atoms with van der Waals surface area (Å²) in [6.45, 7) is 13.4. The van der Waals surface area contributed by atoms with Crippen molar-refractivity contribution in [3.63, 3.8) is 0 Å². The van der Waals surface area contributed by atoms with Crippen molar-refractivity contribution in [1.29, 1.82) is 0 Å². The van der Waals surface area contributed by atoms with Crippen molar-refractivity contribution >= 4 is 29.8 Å². The largest absolute Gasteiger partial charge is 0.465 e. The molecule has 0 saturated heterocycles. The predicted molar refractivity (Wildman–Crippen MR) is 203 cm³/mol. The second kappa shape index (κ2) is 17.1. The summed E-state index contributed by atoms with van der Waals surface area (Å²) in [4.78, 5) is 72.4. The smallest absolute Gasteiger partial charge is 0.410 e. The quantitative estimate of drug-likeness (QED) is 0.244. The second-order valence-electron chi connectivity index (χ2n) is 15.7. The van der Waals surface area contributed by atoms with Crippen LogP contribution < -0.4 is 5.32 Å². The first-order valence-corrected chi connectivity index (χ1v) is 18.0. The summed E-state index contributed by atoms with van der Waals surface area (Å²) in [6, 6.07) is 21.9. The van der Waals surface area contributed by atoms with Crippen LogP contribution in [0.5, 0.6) is 0 Å². The Morgan fingerprint density at radius 2 is 1.43 bits per heavy atom. The van der Waals surface area contributed by atoms with E-state index in [4.69, 9.17) is 9.47 Å². The minimum absolute atomic E-state index is 0.229. The number of amides is 4. The molecule has 0 aliphatic carbocycles. The number of methoxy groups -OCH3 is 1. The van der Waals surface area contributed by atoms with Crippen LogP contribution in [-0.2, 0) is 38.4 Å². The standard InChI is InChI=1S/C42H54N4O7/c1-28(44(8)40(51)53-42(5,6)7)36(47)43-35(41(2,3)4)38(49)46-26-33-18-14-13-17-32(33)25-34(46)27-45(24-23-29-15-11-10-12-16-29)37(48)30-19-21-31(22-20-30)39(50)52-9/h10-22,28,34-35H,23-27H2,1-9H3,(H,43,47)/t28-,34-,35+/m0/s1. The zero-order valence-corrected chi connectivity index (χ0v) is 32.5. The lowest BCUT2D eigenvalue weighted by atomic mass is 9.84. The van der Waals surface area contributed by atoms with Gasteiger partial charge in [0, 0.05) is 32.2 Å². The molecule has 0 bridgehead atoms. The van der Waals surface area contributed by atoms with Crippen LogP contribution in [0.4, 0.5) is 4.79 Å². The van der Waals surface area contributed by atoms with Gasteiger partial charge < -0.3 is 24.6 Å². The van der Waals surface area contributed by atoms with E-state index in [1.54, 1.807) is 61.8 Å². The van der Waals surface area contributed by atoms with Crippen LogP contribution in [0.3, 0.4) is 0 Å². The minimum atomic E-state index is -0.948. The van der Waals surface area contributed by atoms with Gasteiger partial charge in [-0.15, -0.1) is 0 Å². The number of ether oxygens (including phenoxy) is 2. The third-order valence-corrected chi connectivity index (χ3v) is 9.46. The van der Waals surface area contributed by atoms with Gasteiger partial charge in [0.25, 0.3) is 5.91 Å². The van der Waals surface area contributed by atoms with Gasteiger partial charge in [0.2, 0.25) is 11.8 Å². The normalized spacial score (nSPS) is 15.3. The predicted octanol–water partition coefficient (Wildman–Crippen LogP) is 5.90. The highest BCUT2D eigenvalue weighted by Crippen LogP contribution is 2.29. The van der Waals surface area contributed by atoms with Gasteiger partial charge >= 0.3 is 12.1 Å². The van der Waals surface area contributed by atoms with Crippen molar-refractivity contribution in [3.05, 3.63) is 107 Å². The molecule has 0 unspecified atom stereocenters. The van der Waals surface area contributed by atoms with Crippen molar-refractivity contribution in [2.75, 3.05) is 27.2 Å². The van der Waals surface area contributed by atoms with Crippen molar-refractivity contribution in [2.45, 2.75) is 91.6 Å². The fourth-order valence-corrected chi connectivity index (χ4v) is 6.24. The maximum atomic E-state index is 14.8. The first kappa shape index (κ1) is 40.6. The summed E-state index contributed by atoms with van der Waals surface area (Å²) < 4.78 is 10.3. The Morgan fingerprint density at radius 3 is 2.02 bits per heavy atom. The molecule has 0 aromatic heterocycles. The number of carbonyl (C=O) groups excluding carboxylic acids is 5. The maximum absolute atomic E-state index is 14.8. The molecule has 4 amide bonds. The summed E-state index contributed by atoms with van der Waals surface area (Å²) >= 11 is 0. The number of esters is 1. The monoisotopic (exact) mass is 726 g/mol. The van der Waals surface area contributed by atoms with Gasteiger partial charge in [0.15, 0.2) is 0 Å². The molecule has 1 heterocycles. The van der Waals surface area contributed by atoms with E-state index in [0.717, 1.165) is 16.7 Å². The second-order valence-corrected chi connectivity index (χ2v) is 15.7. The van der Waals surface area contributed by atoms with Gasteiger partial charge in [-0.05, 0) is 86.9 Å². The molecule has 284 valence electrons. The highest BCUT2D eigenvalue weighted by atomic mass is 16.6. The summed E-state index contributed by atoms with van der Waals surface area (Å²) in [6.07, 6.45) is 0.445. The van der Waals surface area contributed by atoms with Crippen LogP contribution in [0.15, 0.2) is 78.9 Å². The molecule has 1 N–H and O–H groups in total. The van der Waals surface area contributed by atoms with Crippen LogP contribution in [0.2, 0.25) is 0 Å². The Balaban J connectivity index is 1.66. The van der Waals surface area contributed by atoms with Crippen molar-refractivity contribution in [1.82, 2.24) is 20.0 Å². The first-order chi connectivity index (χ1) is 24.9. The van der Waals surface area contributed by atoms with Crippen LogP contribution in [0.25, 0.3) is 0 Å². The lowest BCUT2D eigenvalue weighted by Gasteiger charge is -2.43. The van der Waals surface area contributed by atoms with Gasteiger partial charge in [-0.1, -0.05) is 75.4 Å². The minimum Gasteiger partial charge on any atom is -0.465 e. The molecule has 11 heteroatoms. The number of hydrogen-bond acceptors (Lipinski definition) is 7. The summed E-state index contributed by atoms with van der Waals surface area (Å²) in [5, 5.41) is 2.97. The van der Waals surface area contributed by atoms with Gasteiger partial charge in [-0.25, -0.2) is 9.59 Å². The summed E-state index contributed by atoms with van der Waals surface area (Å²) in [5.74, 6) is -1.50. The molecule has 1 aliphatic heterocycles. The molecule has 4 rings (SSSR count). The number of nitrogens with one attached hydrogen (secondary N) is 1. The van der Waals surface area contributed by atoms with Crippen LogP contribution in [0.1, 0.15) is 85.9 Å². The number of fused-ring (bicyclic) bond motifs is 1. The fourth-order valence-electron chi connectivity index (χ4n) is 6.24. The fraction of sp³-hybridized carbons (Fsp3) is 0.452. The lowest BCUT2D eigenvalue weighted by molar-refractivity contribution is -0.143. The zero-order valence-electron chi connectivity index (χ0n) is 32.5. The number of likely N-dealkylation sites (N-methyl/N-ethyl adjacent to an activating group) is 1. The first-order valence-electron chi connectivity index (χ1n) is 18.0. The van der Waals surface area contributed by atoms with E-state index < -0.39 is 47.1 Å². The molecule has 0 fully saturated rings. The Bertz CT molecular complexity index is 1760. The van der Waals surface area contributed by atoms with E-state index in [1.807, 2.05) is 75.4 Å². The molecule has 3 aromatic rings. The Kier molecular flexibility index (Phi) is 13.1.